The quantitative estimate of drug-likeness (QED) is 0.649. The van der Waals surface area contributed by atoms with E-state index in [2.05, 4.69) is 31.2 Å². The van der Waals surface area contributed by atoms with E-state index in [-0.39, 0.29) is 11.8 Å². The Kier molecular flexibility index (Phi) is 4.54. The molecule has 0 unspecified atom stereocenters. The van der Waals surface area contributed by atoms with Crippen LogP contribution in [0, 0.1) is 0 Å². The van der Waals surface area contributed by atoms with Crippen molar-refractivity contribution in [2.24, 2.45) is 0 Å². The number of hydrogen-bond acceptors (Lipinski definition) is 5. The highest BCUT2D eigenvalue weighted by Gasteiger charge is 2.10. The summed E-state index contributed by atoms with van der Waals surface area (Å²) in [7, 11) is 0. The summed E-state index contributed by atoms with van der Waals surface area (Å²) in [6.07, 6.45) is 0. The van der Waals surface area contributed by atoms with Gasteiger partial charge in [-0.1, -0.05) is 23.9 Å². The Balaban J connectivity index is 2.27. The number of nitrogen functional groups attached to an aromatic ring is 1. The fourth-order valence-electron chi connectivity index (χ4n) is 1.38. The van der Waals surface area contributed by atoms with Gasteiger partial charge in [-0.3, -0.25) is 0 Å². The van der Waals surface area contributed by atoms with E-state index < -0.39 is 5.76 Å². The van der Waals surface area contributed by atoms with Crippen molar-refractivity contribution in [3.63, 3.8) is 0 Å². The van der Waals surface area contributed by atoms with Gasteiger partial charge >= 0.3 is 0 Å². The average Bonchev–Trinajstić information content (AvgIpc) is 2.29. The van der Waals surface area contributed by atoms with Gasteiger partial charge in [-0.15, -0.1) is 0 Å². The first kappa shape index (κ1) is 14.0. The Morgan fingerprint density at radius 3 is 2.68 bits per heavy atom. The van der Waals surface area contributed by atoms with Gasteiger partial charge in [-0.05, 0) is 28.1 Å². The van der Waals surface area contributed by atoms with Crippen LogP contribution in [0.4, 0.5) is 26.2 Å². The number of benzene rings is 1. The summed E-state index contributed by atoms with van der Waals surface area (Å²) in [5, 5.41) is 2.87. The lowest BCUT2D eigenvalue weighted by atomic mass is 10.3. The van der Waals surface area contributed by atoms with Gasteiger partial charge < -0.3 is 11.1 Å². The summed E-state index contributed by atoms with van der Waals surface area (Å²) in [5.74, 6) is -1.96. The lowest BCUT2D eigenvalue weighted by Crippen LogP contribution is -2.01. The van der Waals surface area contributed by atoms with Crippen LogP contribution in [0.25, 0.3) is 0 Å². The molecular weight excluding hydrogens is 338 g/mol. The minimum Gasteiger partial charge on any atom is -0.383 e. The number of halogens is 3. The predicted molar refractivity (Wildman–Crippen MR) is 75.7 cm³/mol. The number of anilines is 3. The van der Waals surface area contributed by atoms with Crippen LogP contribution < -0.4 is 11.1 Å². The molecule has 0 saturated carbocycles. The van der Waals surface area contributed by atoms with Crippen molar-refractivity contribution in [1.29, 1.82) is 0 Å². The molecule has 0 fully saturated rings. The number of alkyl halides is 2. The molecule has 1 aromatic carbocycles. The minimum atomic E-state index is -2.49. The molecule has 2 aromatic rings. The molecule has 1 heterocycles. The van der Waals surface area contributed by atoms with Gasteiger partial charge in [-0.2, -0.15) is 13.8 Å². The molecule has 4 nitrogen and oxygen atoms in total. The van der Waals surface area contributed by atoms with E-state index in [9.17, 15) is 8.78 Å². The van der Waals surface area contributed by atoms with E-state index >= 15 is 0 Å². The first-order chi connectivity index (χ1) is 9.04. The zero-order valence-corrected chi connectivity index (χ0v) is 11.9. The van der Waals surface area contributed by atoms with E-state index in [1.54, 1.807) is 30.3 Å². The van der Waals surface area contributed by atoms with Gasteiger partial charge in [0.05, 0.1) is 5.69 Å². The zero-order chi connectivity index (χ0) is 13.8. The standard InChI is InChI=1S/C11H9BrF2N4S/c12-8-5-9(15)18-11(17-8)16-6-3-1-2-4-7(6)19-10(13)14/h1-5,10H,(H3,15,16,17,18). The number of rotatable bonds is 4. The van der Waals surface area contributed by atoms with Crippen LogP contribution in [0.5, 0.6) is 0 Å². The molecule has 0 aliphatic rings. The summed E-state index contributed by atoms with van der Waals surface area (Å²) in [5.41, 5.74) is 6.09. The van der Waals surface area contributed by atoms with Crippen molar-refractivity contribution in [3.8, 4) is 0 Å². The van der Waals surface area contributed by atoms with Crippen LogP contribution in [-0.2, 0) is 0 Å². The van der Waals surface area contributed by atoms with E-state index in [0.717, 1.165) is 0 Å². The molecule has 2 rings (SSSR count). The van der Waals surface area contributed by atoms with Crippen LogP contribution in [0.1, 0.15) is 0 Å². The lowest BCUT2D eigenvalue weighted by Gasteiger charge is -2.10. The maximum atomic E-state index is 12.4. The van der Waals surface area contributed by atoms with Crippen LogP contribution in [0.15, 0.2) is 39.8 Å². The highest BCUT2D eigenvalue weighted by molar-refractivity contribution is 9.10. The molecule has 8 heteroatoms. The largest absolute Gasteiger partial charge is 0.383 e. The normalized spacial score (nSPS) is 10.7. The van der Waals surface area contributed by atoms with E-state index in [0.29, 0.717) is 26.9 Å². The van der Waals surface area contributed by atoms with Crippen LogP contribution in [-0.4, -0.2) is 15.7 Å². The summed E-state index contributed by atoms with van der Waals surface area (Å²) in [4.78, 5) is 8.46. The molecular formula is C11H9BrF2N4S. The molecule has 19 heavy (non-hydrogen) atoms. The van der Waals surface area contributed by atoms with Crippen molar-refractivity contribution in [3.05, 3.63) is 34.9 Å². The molecule has 0 spiro atoms. The maximum absolute atomic E-state index is 12.4. The zero-order valence-electron chi connectivity index (χ0n) is 9.48. The Labute approximate surface area is 121 Å². The smallest absolute Gasteiger partial charge is 0.288 e. The number of nitrogens with two attached hydrogens (primary N) is 1. The molecule has 0 amide bonds. The summed E-state index contributed by atoms with van der Waals surface area (Å²) in [6, 6.07) is 8.24. The second-order valence-corrected chi connectivity index (χ2v) is 5.28. The Morgan fingerprint density at radius 2 is 2.00 bits per heavy atom. The molecule has 0 aliphatic heterocycles. The van der Waals surface area contributed by atoms with Crippen molar-refractivity contribution >= 4 is 45.1 Å². The van der Waals surface area contributed by atoms with Crippen LogP contribution in [0.2, 0.25) is 0 Å². The molecule has 0 aliphatic carbocycles. The predicted octanol–water partition coefficient (Wildman–Crippen LogP) is 3.88. The first-order valence-electron chi connectivity index (χ1n) is 5.15. The Morgan fingerprint density at radius 1 is 1.26 bits per heavy atom. The average molecular weight is 347 g/mol. The van der Waals surface area contributed by atoms with Crippen molar-refractivity contribution in [2.75, 3.05) is 11.1 Å². The molecule has 0 radical (unpaired) electrons. The first-order valence-corrected chi connectivity index (χ1v) is 6.83. The summed E-state index contributed by atoms with van der Waals surface area (Å²) < 4.78 is 25.4. The monoisotopic (exact) mass is 346 g/mol. The Hall–Kier alpha value is -1.41. The van der Waals surface area contributed by atoms with Gasteiger partial charge in [0.1, 0.15) is 10.4 Å². The van der Waals surface area contributed by atoms with Gasteiger partial charge in [0.2, 0.25) is 5.95 Å². The van der Waals surface area contributed by atoms with E-state index in [1.165, 1.54) is 0 Å². The topological polar surface area (TPSA) is 63.8 Å². The third-order valence-electron chi connectivity index (χ3n) is 2.06. The SMILES string of the molecule is Nc1cc(Br)nc(Nc2ccccc2SC(F)F)n1. The molecule has 100 valence electrons. The number of thioether (sulfide) groups is 1. The summed E-state index contributed by atoms with van der Waals surface area (Å²) >= 11 is 3.65. The number of nitrogens with zero attached hydrogens (tertiary/aromatic N) is 2. The fraction of sp³-hybridized carbons (Fsp3) is 0.0909. The maximum Gasteiger partial charge on any atom is 0.288 e. The van der Waals surface area contributed by atoms with Crippen molar-refractivity contribution < 1.29 is 8.78 Å². The van der Waals surface area contributed by atoms with Gasteiger partial charge in [-0.25, -0.2) is 4.98 Å². The highest BCUT2D eigenvalue weighted by atomic mass is 79.9. The third-order valence-corrected chi connectivity index (χ3v) is 3.26. The van der Waals surface area contributed by atoms with E-state index in [4.69, 9.17) is 5.73 Å². The number of para-hydroxylation sites is 1. The van der Waals surface area contributed by atoms with Gasteiger partial charge in [0.25, 0.3) is 5.76 Å². The fourth-order valence-corrected chi connectivity index (χ4v) is 2.38. The van der Waals surface area contributed by atoms with Crippen LogP contribution in [0.3, 0.4) is 0 Å². The van der Waals surface area contributed by atoms with Crippen molar-refractivity contribution in [1.82, 2.24) is 9.97 Å². The number of hydrogen-bond donors (Lipinski definition) is 2. The van der Waals surface area contributed by atoms with Crippen LogP contribution >= 0.6 is 27.7 Å². The molecule has 0 bridgehead atoms. The lowest BCUT2D eigenvalue weighted by molar-refractivity contribution is 0.252. The third kappa shape index (κ3) is 4.03. The number of aromatic nitrogens is 2. The molecule has 0 saturated heterocycles. The highest BCUT2D eigenvalue weighted by Crippen LogP contribution is 2.32. The van der Waals surface area contributed by atoms with E-state index in [1.807, 2.05) is 0 Å². The second-order valence-electron chi connectivity index (χ2n) is 3.44. The minimum absolute atomic E-state index is 0.245. The Bertz CT molecular complexity index is 562. The number of nitrogens with one attached hydrogen (secondary N) is 1. The second kappa shape index (κ2) is 6.16. The summed E-state index contributed by atoms with van der Waals surface area (Å²) in [6.45, 7) is 0. The molecule has 3 N–H and O–H groups in total. The van der Waals surface area contributed by atoms with Gasteiger partial charge in [0, 0.05) is 11.0 Å². The molecule has 0 atom stereocenters. The van der Waals surface area contributed by atoms with Crippen molar-refractivity contribution in [2.45, 2.75) is 10.7 Å². The molecule has 1 aromatic heterocycles. The van der Waals surface area contributed by atoms with Gasteiger partial charge in [0.15, 0.2) is 0 Å².